The van der Waals surface area contributed by atoms with Gasteiger partial charge in [-0.25, -0.2) is 0 Å². The van der Waals surface area contributed by atoms with Gasteiger partial charge in [0.1, 0.15) is 6.10 Å². The predicted octanol–water partition coefficient (Wildman–Crippen LogP) is 1.93. The molecule has 2 N–H and O–H groups in total. The summed E-state index contributed by atoms with van der Waals surface area (Å²) in [6.07, 6.45) is 1.01. The maximum absolute atomic E-state index is 9.77. The lowest BCUT2D eigenvalue weighted by atomic mass is 9.78. The summed E-state index contributed by atoms with van der Waals surface area (Å²) in [6.45, 7) is 4.34. The fourth-order valence-corrected chi connectivity index (χ4v) is 3.28. The molecule has 3 nitrogen and oxygen atoms in total. The van der Waals surface area contributed by atoms with Crippen LogP contribution in [-0.2, 0) is 4.74 Å². The van der Waals surface area contributed by atoms with Gasteiger partial charge in [0, 0.05) is 12.5 Å². The third-order valence-corrected chi connectivity index (χ3v) is 3.84. The minimum absolute atomic E-state index is 0.00361. The van der Waals surface area contributed by atoms with Gasteiger partial charge in [0.2, 0.25) is 0 Å². The molecule has 0 saturated carbocycles. The highest BCUT2D eigenvalue weighted by Gasteiger charge is 2.54. The number of aliphatic hydroxyl groups is 1. The Morgan fingerprint density at radius 1 is 1.41 bits per heavy atom. The number of fused-ring (bicyclic) bond motifs is 5. The van der Waals surface area contributed by atoms with Crippen molar-refractivity contribution >= 4 is 0 Å². The molecule has 3 heteroatoms. The second-order valence-electron chi connectivity index (χ2n) is 5.45. The average molecular weight is 233 g/mol. The third-order valence-electron chi connectivity index (χ3n) is 3.84. The van der Waals surface area contributed by atoms with E-state index in [4.69, 9.17) is 4.74 Å². The van der Waals surface area contributed by atoms with E-state index >= 15 is 0 Å². The Bertz CT molecular complexity index is 432. The minimum atomic E-state index is -0.298. The van der Waals surface area contributed by atoms with Gasteiger partial charge in [-0.15, -0.1) is 0 Å². The van der Waals surface area contributed by atoms with Gasteiger partial charge in [0.15, 0.2) is 0 Å². The zero-order valence-electron chi connectivity index (χ0n) is 10.3. The van der Waals surface area contributed by atoms with Crippen molar-refractivity contribution in [2.75, 3.05) is 6.61 Å². The van der Waals surface area contributed by atoms with Crippen LogP contribution < -0.4 is 5.32 Å². The molecule has 0 radical (unpaired) electrons. The van der Waals surface area contributed by atoms with Crippen molar-refractivity contribution in [2.24, 2.45) is 0 Å². The van der Waals surface area contributed by atoms with E-state index < -0.39 is 0 Å². The fraction of sp³-hybridized carbons (Fsp3) is 0.571. The number of benzene rings is 1. The van der Waals surface area contributed by atoms with Crippen LogP contribution in [0.15, 0.2) is 24.3 Å². The lowest BCUT2D eigenvalue weighted by Crippen LogP contribution is -2.54. The Kier molecular flexibility index (Phi) is 2.51. The number of hydrogen-bond acceptors (Lipinski definition) is 3. The van der Waals surface area contributed by atoms with Crippen LogP contribution in [0.4, 0.5) is 0 Å². The summed E-state index contributed by atoms with van der Waals surface area (Å²) in [5, 5.41) is 13.3. The summed E-state index contributed by atoms with van der Waals surface area (Å²) in [5.74, 6) is 0. The third kappa shape index (κ3) is 1.53. The summed E-state index contributed by atoms with van der Waals surface area (Å²) in [7, 11) is 0. The second kappa shape index (κ2) is 3.80. The van der Waals surface area contributed by atoms with Crippen LogP contribution in [0.5, 0.6) is 0 Å². The minimum Gasteiger partial charge on any atom is -0.394 e. The summed E-state index contributed by atoms with van der Waals surface area (Å²) in [5.41, 5.74) is 2.24. The van der Waals surface area contributed by atoms with Crippen LogP contribution in [0.25, 0.3) is 0 Å². The first kappa shape index (κ1) is 11.2. The quantitative estimate of drug-likeness (QED) is 0.838. The molecule has 17 heavy (non-hydrogen) atoms. The molecule has 1 aromatic rings. The zero-order valence-corrected chi connectivity index (χ0v) is 10.3. The van der Waals surface area contributed by atoms with Gasteiger partial charge < -0.3 is 15.2 Å². The lowest BCUT2D eigenvalue weighted by molar-refractivity contribution is 0.0260. The molecule has 2 aliphatic rings. The van der Waals surface area contributed by atoms with E-state index in [0.717, 1.165) is 6.42 Å². The van der Waals surface area contributed by atoms with E-state index in [9.17, 15) is 5.11 Å². The highest BCUT2D eigenvalue weighted by atomic mass is 16.5. The molecule has 1 saturated heterocycles. The van der Waals surface area contributed by atoms with Crippen molar-refractivity contribution in [3.05, 3.63) is 35.4 Å². The molecule has 2 bridgehead atoms. The first-order chi connectivity index (χ1) is 8.16. The van der Waals surface area contributed by atoms with E-state index in [2.05, 4.69) is 37.4 Å². The number of hydrogen-bond donors (Lipinski definition) is 2. The number of ether oxygens (including phenoxy) is 1. The van der Waals surface area contributed by atoms with Crippen LogP contribution in [0.3, 0.4) is 0 Å². The SMILES string of the molecule is CC(C)N[C@@]1(CO)C[C@@H]2O[C@H]1c1ccccc12. The van der Waals surface area contributed by atoms with E-state index in [-0.39, 0.29) is 24.4 Å². The number of nitrogens with one attached hydrogen (secondary N) is 1. The van der Waals surface area contributed by atoms with E-state index in [1.165, 1.54) is 11.1 Å². The molecule has 0 aromatic heterocycles. The summed E-state index contributed by atoms with van der Waals surface area (Å²) in [4.78, 5) is 0. The molecule has 92 valence electrons. The smallest absolute Gasteiger partial charge is 0.104 e. The first-order valence-electron chi connectivity index (χ1n) is 6.29. The fourth-order valence-electron chi connectivity index (χ4n) is 3.28. The summed E-state index contributed by atoms with van der Waals surface area (Å²) >= 11 is 0. The molecule has 0 spiro atoms. The molecule has 2 aliphatic heterocycles. The Labute approximate surface area is 102 Å². The summed E-state index contributed by atoms with van der Waals surface area (Å²) in [6, 6.07) is 8.69. The van der Waals surface area contributed by atoms with Gasteiger partial charge in [-0.3, -0.25) is 0 Å². The van der Waals surface area contributed by atoms with Gasteiger partial charge in [-0.2, -0.15) is 0 Å². The molecule has 3 atom stereocenters. The van der Waals surface area contributed by atoms with Gasteiger partial charge >= 0.3 is 0 Å². The number of rotatable bonds is 3. The topological polar surface area (TPSA) is 41.5 Å². The van der Waals surface area contributed by atoms with Crippen LogP contribution in [0, 0.1) is 0 Å². The summed E-state index contributed by atoms with van der Waals surface area (Å²) < 4.78 is 6.03. The molecular formula is C14H19NO2. The maximum atomic E-state index is 9.77. The predicted molar refractivity (Wildman–Crippen MR) is 65.7 cm³/mol. The van der Waals surface area contributed by atoms with Gasteiger partial charge in [-0.1, -0.05) is 38.1 Å². The Hall–Kier alpha value is -0.900. The molecule has 0 unspecified atom stereocenters. The Morgan fingerprint density at radius 2 is 2.12 bits per heavy atom. The van der Waals surface area contributed by atoms with Crippen LogP contribution in [0.2, 0.25) is 0 Å². The highest BCUT2D eigenvalue weighted by Crippen LogP contribution is 2.55. The van der Waals surface area contributed by atoms with Crippen molar-refractivity contribution in [3.8, 4) is 0 Å². The van der Waals surface area contributed by atoms with Crippen LogP contribution >= 0.6 is 0 Å². The van der Waals surface area contributed by atoms with E-state index in [1.54, 1.807) is 0 Å². The van der Waals surface area contributed by atoms with Crippen molar-refractivity contribution in [1.29, 1.82) is 0 Å². The monoisotopic (exact) mass is 233 g/mol. The van der Waals surface area contributed by atoms with Crippen molar-refractivity contribution < 1.29 is 9.84 Å². The van der Waals surface area contributed by atoms with E-state index in [0.29, 0.717) is 6.04 Å². The number of aliphatic hydroxyl groups excluding tert-OH is 1. The largest absolute Gasteiger partial charge is 0.394 e. The lowest BCUT2D eigenvalue weighted by Gasteiger charge is -2.37. The molecular weight excluding hydrogens is 214 g/mol. The molecule has 1 aromatic carbocycles. The molecule has 0 aliphatic carbocycles. The molecule has 0 amide bonds. The second-order valence-corrected chi connectivity index (χ2v) is 5.45. The van der Waals surface area contributed by atoms with Gasteiger partial charge in [0.25, 0.3) is 0 Å². The maximum Gasteiger partial charge on any atom is 0.104 e. The molecule has 2 heterocycles. The zero-order chi connectivity index (χ0) is 12.0. The van der Waals surface area contributed by atoms with E-state index in [1.807, 2.05) is 6.07 Å². The normalized spacial score (nSPS) is 34.4. The Morgan fingerprint density at radius 3 is 2.76 bits per heavy atom. The van der Waals surface area contributed by atoms with Crippen LogP contribution in [-0.4, -0.2) is 23.3 Å². The standard InChI is InChI=1S/C14H19NO2/c1-9(2)15-14(8-16)7-12-10-5-3-4-6-11(10)13(14)17-12/h3-6,9,12-13,15-16H,7-8H2,1-2H3/t12-,13-,14+/m0/s1. The van der Waals surface area contributed by atoms with Crippen molar-refractivity contribution in [1.82, 2.24) is 5.32 Å². The van der Waals surface area contributed by atoms with Crippen molar-refractivity contribution in [3.63, 3.8) is 0 Å². The molecule has 1 fully saturated rings. The van der Waals surface area contributed by atoms with Gasteiger partial charge in [-0.05, 0) is 11.1 Å². The average Bonchev–Trinajstić information content (AvgIpc) is 2.85. The van der Waals surface area contributed by atoms with Gasteiger partial charge in [0.05, 0.1) is 18.2 Å². The first-order valence-corrected chi connectivity index (χ1v) is 6.29. The Balaban J connectivity index is 1.99. The highest BCUT2D eigenvalue weighted by molar-refractivity contribution is 5.41. The van der Waals surface area contributed by atoms with Crippen molar-refractivity contribution in [2.45, 2.75) is 44.1 Å². The van der Waals surface area contributed by atoms with Crippen LogP contribution in [0.1, 0.15) is 43.6 Å². The molecule has 3 rings (SSSR count).